The maximum absolute atomic E-state index is 11.2. The molecule has 4 nitrogen and oxygen atoms in total. The Labute approximate surface area is 99.1 Å². The summed E-state index contributed by atoms with van der Waals surface area (Å²) in [5.74, 6) is -1.54. The van der Waals surface area contributed by atoms with Crippen LogP contribution in [0.2, 0.25) is 0 Å². The van der Waals surface area contributed by atoms with Gasteiger partial charge in [-0.3, -0.25) is 4.79 Å². The van der Waals surface area contributed by atoms with Crippen LogP contribution in [-0.4, -0.2) is 27.4 Å². The normalized spacial score (nSPS) is 12.8. The number of aryl methyl sites for hydroxylation is 1. The maximum atomic E-state index is 11.2. The first-order valence-electron chi connectivity index (χ1n) is 5.52. The van der Waals surface area contributed by atoms with E-state index in [1.807, 2.05) is 42.1 Å². The molecule has 2 aromatic rings. The number of rotatable bonds is 4. The third-order valence-electron chi connectivity index (χ3n) is 3.02. The highest BCUT2D eigenvalue weighted by Crippen LogP contribution is 2.29. The molecule has 0 saturated carbocycles. The average Bonchev–Trinajstić information content (AvgIpc) is 2.64. The summed E-state index contributed by atoms with van der Waals surface area (Å²) in [6.07, 6.45) is 2.07. The van der Waals surface area contributed by atoms with Crippen molar-refractivity contribution in [3.8, 4) is 0 Å². The zero-order valence-corrected chi connectivity index (χ0v) is 9.63. The number of aromatic nitrogens is 1. The van der Waals surface area contributed by atoms with Crippen LogP contribution in [0, 0.1) is 0 Å². The molecule has 1 unspecified atom stereocenters. The van der Waals surface area contributed by atoms with E-state index >= 15 is 0 Å². The minimum Gasteiger partial charge on any atom is -0.481 e. The molecule has 0 fully saturated rings. The van der Waals surface area contributed by atoms with Gasteiger partial charge in [0.05, 0.1) is 5.92 Å². The Bertz CT molecular complexity index is 545. The van der Waals surface area contributed by atoms with Gasteiger partial charge in [0.15, 0.2) is 0 Å². The summed E-state index contributed by atoms with van der Waals surface area (Å²) in [7, 11) is 1.89. The molecule has 0 radical (unpaired) electrons. The summed E-state index contributed by atoms with van der Waals surface area (Å²) >= 11 is 0. The molecule has 17 heavy (non-hydrogen) atoms. The Morgan fingerprint density at radius 1 is 1.41 bits per heavy atom. The first-order chi connectivity index (χ1) is 8.15. The second-order valence-electron chi connectivity index (χ2n) is 4.12. The third-order valence-corrected chi connectivity index (χ3v) is 3.02. The molecule has 4 heteroatoms. The van der Waals surface area contributed by atoms with Crippen molar-refractivity contribution < 1.29 is 15.0 Å². The SMILES string of the molecule is Cn1cc(C(CCO)C(=O)O)c2ccccc21. The van der Waals surface area contributed by atoms with Gasteiger partial charge in [-0.25, -0.2) is 0 Å². The minimum absolute atomic E-state index is 0.125. The highest BCUT2D eigenvalue weighted by Gasteiger charge is 2.22. The van der Waals surface area contributed by atoms with E-state index in [9.17, 15) is 9.90 Å². The number of aliphatic hydroxyl groups excluding tert-OH is 1. The van der Waals surface area contributed by atoms with Crippen LogP contribution in [0.25, 0.3) is 10.9 Å². The summed E-state index contributed by atoms with van der Waals surface area (Å²) in [4.78, 5) is 11.2. The largest absolute Gasteiger partial charge is 0.481 e. The second-order valence-corrected chi connectivity index (χ2v) is 4.12. The van der Waals surface area contributed by atoms with Crippen molar-refractivity contribution in [2.75, 3.05) is 6.61 Å². The van der Waals surface area contributed by atoms with E-state index in [1.54, 1.807) is 0 Å². The van der Waals surface area contributed by atoms with Gasteiger partial charge in [-0.15, -0.1) is 0 Å². The van der Waals surface area contributed by atoms with Crippen molar-refractivity contribution >= 4 is 16.9 Å². The fourth-order valence-electron chi connectivity index (χ4n) is 2.19. The Kier molecular flexibility index (Phi) is 3.15. The molecular weight excluding hydrogens is 218 g/mol. The fraction of sp³-hybridized carbons (Fsp3) is 0.308. The molecule has 0 saturated heterocycles. The monoisotopic (exact) mass is 233 g/mol. The van der Waals surface area contributed by atoms with Crippen molar-refractivity contribution in [1.82, 2.24) is 4.57 Å². The summed E-state index contributed by atoms with van der Waals surface area (Å²) in [5.41, 5.74) is 1.77. The lowest BCUT2D eigenvalue weighted by atomic mass is 9.96. The quantitative estimate of drug-likeness (QED) is 0.845. The lowest BCUT2D eigenvalue weighted by Gasteiger charge is -2.09. The Morgan fingerprint density at radius 2 is 2.12 bits per heavy atom. The van der Waals surface area contributed by atoms with Crippen LogP contribution in [0.3, 0.4) is 0 Å². The van der Waals surface area contributed by atoms with Crippen molar-refractivity contribution in [1.29, 1.82) is 0 Å². The van der Waals surface area contributed by atoms with Crippen LogP contribution in [0.15, 0.2) is 30.5 Å². The van der Waals surface area contributed by atoms with E-state index in [1.165, 1.54) is 0 Å². The van der Waals surface area contributed by atoms with E-state index in [4.69, 9.17) is 5.11 Å². The van der Waals surface area contributed by atoms with Crippen LogP contribution in [0.5, 0.6) is 0 Å². The number of hydrogen-bond donors (Lipinski definition) is 2. The van der Waals surface area contributed by atoms with Crippen LogP contribution >= 0.6 is 0 Å². The lowest BCUT2D eigenvalue weighted by molar-refractivity contribution is -0.139. The van der Waals surface area contributed by atoms with E-state index in [-0.39, 0.29) is 13.0 Å². The molecule has 0 amide bonds. The number of benzene rings is 1. The summed E-state index contributed by atoms with van der Waals surface area (Å²) < 4.78 is 1.91. The third kappa shape index (κ3) is 2.03. The lowest BCUT2D eigenvalue weighted by Crippen LogP contribution is -2.12. The number of aliphatic hydroxyl groups is 1. The van der Waals surface area contributed by atoms with E-state index in [2.05, 4.69) is 0 Å². The molecule has 1 heterocycles. The fourth-order valence-corrected chi connectivity index (χ4v) is 2.19. The highest BCUT2D eigenvalue weighted by molar-refractivity contribution is 5.89. The van der Waals surface area contributed by atoms with E-state index in [0.29, 0.717) is 0 Å². The van der Waals surface area contributed by atoms with Gasteiger partial charge < -0.3 is 14.8 Å². The summed E-state index contributed by atoms with van der Waals surface area (Å²) in [6.45, 7) is -0.125. The average molecular weight is 233 g/mol. The van der Waals surface area contributed by atoms with Crippen LogP contribution in [-0.2, 0) is 11.8 Å². The highest BCUT2D eigenvalue weighted by atomic mass is 16.4. The van der Waals surface area contributed by atoms with Gasteiger partial charge in [0.2, 0.25) is 0 Å². The van der Waals surface area contributed by atoms with Gasteiger partial charge in [-0.2, -0.15) is 0 Å². The van der Waals surface area contributed by atoms with Gasteiger partial charge in [-0.05, 0) is 18.1 Å². The number of hydrogen-bond acceptors (Lipinski definition) is 2. The number of aliphatic carboxylic acids is 1. The number of fused-ring (bicyclic) bond motifs is 1. The molecule has 90 valence electrons. The zero-order chi connectivity index (χ0) is 12.4. The zero-order valence-electron chi connectivity index (χ0n) is 9.63. The number of carbonyl (C=O) groups is 1. The molecule has 2 N–H and O–H groups in total. The predicted molar refractivity (Wildman–Crippen MR) is 65.0 cm³/mol. The van der Waals surface area contributed by atoms with E-state index < -0.39 is 11.9 Å². The molecule has 0 aliphatic rings. The Hall–Kier alpha value is -1.81. The molecular formula is C13H15NO3. The Morgan fingerprint density at radius 3 is 2.76 bits per heavy atom. The smallest absolute Gasteiger partial charge is 0.311 e. The molecule has 2 rings (SSSR count). The molecule has 0 spiro atoms. The van der Waals surface area contributed by atoms with Crippen molar-refractivity contribution in [3.05, 3.63) is 36.0 Å². The van der Waals surface area contributed by atoms with Gasteiger partial charge in [0, 0.05) is 30.8 Å². The Balaban J connectivity index is 2.57. The predicted octanol–water partition coefficient (Wildman–Crippen LogP) is 1.73. The van der Waals surface area contributed by atoms with Crippen LogP contribution in [0.4, 0.5) is 0 Å². The van der Waals surface area contributed by atoms with Gasteiger partial charge in [0.1, 0.15) is 0 Å². The first kappa shape index (κ1) is 11.7. The van der Waals surface area contributed by atoms with Crippen LogP contribution in [0.1, 0.15) is 17.9 Å². The van der Waals surface area contributed by atoms with Crippen molar-refractivity contribution in [2.45, 2.75) is 12.3 Å². The van der Waals surface area contributed by atoms with Gasteiger partial charge in [-0.1, -0.05) is 18.2 Å². The molecule has 1 aromatic carbocycles. The minimum atomic E-state index is -0.893. The van der Waals surface area contributed by atoms with Crippen molar-refractivity contribution in [2.24, 2.45) is 7.05 Å². The standard InChI is InChI=1S/C13H15NO3/c1-14-8-11(10(6-7-15)13(16)17)9-4-2-3-5-12(9)14/h2-5,8,10,15H,6-7H2,1H3,(H,16,17). The molecule has 0 aliphatic carbocycles. The molecule has 0 bridgehead atoms. The topological polar surface area (TPSA) is 62.5 Å². The number of para-hydroxylation sites is 1. The number of nitrogens with zero attached hydrogens (tertiary/aromatic N) is 1. The van der Waals surface area contributed by atoms with Gasteiger partial charge in [0.25, 0.3) is 0 Å². The second kappa shape index (κ2) is 4.59. The van der Waals surface area contributed by atoms with Crippen molar-refractivity contribution in [3.63, 3.8) is 0 Å². The maximum Gasteiger partial charge on any atom is 0.311 e. The number of carboxylic acids is 1. The van der Waals surface area contributed by atoms with Gasteiger partial charge >= 0.3 is 5.97 Å². The molecule has 0 aliphatic heterocycles. The first-order valence-corrected chi connectivity index (χ1v) is 5.52. The van der Waals surface area contributed by atoms with Crippen LogP contribution < -0.4 is 0 Å². The summed E-state index contributed by atoms with van der Waals surface area (Å²) in [5, 5.41) is 19.1. The molecule has 1 atom stereocenters. The molecule has 1 aromatic heterocycles. The number of carboxylic acid groups (broad SMARTS) is 1. The van der Waals surface area contributed by atoms with E-state index in [0.717, 1.165) is 16.5 Å². The summed E-state index contributed by atoms with van der Waals surface area (Å²) in [6, 6.07) is 7.69.